The molecule has 0 aliphatic heterocycles. The molecule has 1 heterocycles. The molecule has 0 atom stereocenters. The van der Waals surface area contributed by atoms with Gasteiger partial charge in [0.05, 0.1) is 0 Å². The molecule has 2 rings (SSSR count). The maximum atomic E-state index is 12.6. The zero-order chi connectivity index (χ0) is 18.4. The summed E-state index contributed by atoms with van der Waals surface area (Å²) in [4.78, 5) is 7.16. The van der Waals surface area contributed by atoms with Crippen molar-refractivity contribution >= 4 is 40.6 Å². The molecule has 2 aromatic rings. The van der Waals surface area contributed by atoms with E-state index in [4.69, 9.17) is 23.8 Å². The molecular formula is C15H15ClF3N5S. The van der Waals surface area contributed by atoms with Crippen LogP contribution in [-0.4, -0.2) is 28.2 Å². The van der Waals surface area contributed by atoms with Crippen molar-refractivity contribution in [1.82, 2.24) is 15.3 Å². The predicted octanol–water partition coefficient (Wildman–Crippen LogP) is 3.86. The molecule has 0 saturated heterocycles. The van der Waals surface area contributed by atoms with Crippen LogP contribution in [-0.2, 0) is 6.18 Å². The summed E-state index contributed by atoms with van der Waals surface area (Å²) in [6.07, 6.45) is -3.45. The third-order valence-electron chi connectivity index (χ3n) is 3.09. The Morgan fingerprint density at radius 1 is 1.24 bits per heavy atom. The van der Waals surface area contributed by atoms with E-state index in [-0.39, 0.29) is 12.5 Å². The van der Waals surface area contributed by atoms with Crippen molar-refractivity contribution in [2.45, 2.75) is 13.1 Å². The maximum Gasteiger partial charge on any atom is 0.433 e. The molecule has 0 fully saturated rings. The number of anilines is 2. The van der Waals surface area contributed by atoms with Gasteiger partial charge in [-0.05, 0) is 42.9 Å². The summed E-state index contributed by atoms with van der Waals surface area (Å²) in [5, 5.41) is 9.60. The second-order valence-corrected chi connectivity index (χ2v) is 5.87. The van der Waals surface area contributed by atoms with Gasteiger partial charge in [-0.3, -0.25) is 0 Å². The van der Waals surface area contributed by atoms with Crippen LogP contribution in [0.5, 0.6) is 0 Å². The van der Waals surface area contributed by atoms with Gasteiger partial charge in [0.15, 0.2) is 5.11 Å². The van der Waals surface area contributed by atoms with Gasteiger partial charge >= 0.3 is 6.18 Å². The maximum absolute atomic E-state index is 12.6. The lowest BCUT2D eigenvalue weighted by Crippen LogP contribution is -2.32. The largest absolute Gasteiger partial charge is 0.433 e. The Bertz CT molecular complexity index is 754. The first-order valence-corrected chi connectivity index (χ1v) is 7.99. The van der Waals surface area contributed by atoms with Gasteiger partial charge in [-0.25, -0.2) is 9.97 Å². The van der Waals surface area contributed by atoms with Crippen LogP contribution >= 0.6 is 23.8 Å². The quantitative estimate of drug-likeness (QED) is 0.533. The molecule has 0 aliphatic carbocycles. The van der Waals surface area contributed by atoms with Gasteiger partial charge in [0, 0.05) is 30.0 Å². The first kappa shape index (κ1) is 19.2. The summed E-state index contributed by atoms with van der Waals surface area (Å²) < 4.78 is 37.7. The third kappa shape index (κ3) is 6.02. The summed E-state index contributed by atoms with van der Waals surface area (Å²) in [5.41, 5.74) is 0.759. The highest BCUT2D eigenvalue weighted by Gasteiger charge is 2.32. The topological polar surface area (TPSA) is 61.9 Å². The van der Waals surface area contributed by atoms with Gasteiger partial charge in [0.25, 0.3) is 0 Å². The van der Waals surface area contributed by atoms with Crippen molar-refractivity contribution in [3.8, 4) is 0 Å². The lowest BCUT2D eigenvalue weighted by atomic mass is 10.2. The van der Waals surface area contributed by atoms with Crippen LogP contribution in [0, 0.1) is 6.92 Å². The van der Waals surface area contributed by atoms with Crippen molar-refractivity contribution in [2.75, 3.05) is 23.7 Å². The lowest BCUT2D eigenvalue weighted by molar-refractivity contribution is -0.141. The van der Waals surface area contributed by atoms with Crippen LogP contribution in [0.15, 0.2) is 30.5 Å². The molecule has 10 heteroatoms. The van der Waals surface area contributed by atoms with Crippen molar-refractivity contribution < 1.29 is 13.2 Å². The van der Waals surface area contributed by atoms with Gasteiger partial charge in [-0.1, -0.05) is 17.7 Å². The Morgan fingerprint density at radius 3 is 2.72 bits per heavy atom. The summed E-state index contributed by atoms with van der Waals surface area (Å²) in [6.45, 7) is 2.57. The number of nitrogens with one attached hydrogen (secondary N) is 3. The Labute approximate surface area is 153 Å². The molecule has 0 amide bonds. The van der Waals surface area contributed by atoms with Crippen LogP contribution in [0.2, 0.25) is 5.02 Å². The van der Waals surface area contributed by atoms with E-state index in [0.29, 0.717) is 16.7 Å². The number of benzene rings is 1. The van der Waals surface area contributed by atoms with Crippen LogP contribution < -0.4 is 16.0 Å². The van der Waals surface area contributed by atoms with E-state index in [0.717, 1.165) is 23.5 Å². The molecule has 1 aromatic heterocycles. The second kappa shape index (κ2) is 8.30. The number of halogens is 4. The first-order valence-electron chi connectivity index (χ1n) is 7.21. The van der Waals surface area contributed by atoms with Crippen molar-refractivity contribution in [3.63, 3.8) is 0 Å². The normalized spacial score (nSPS) is 11.1. The molecule has 0 spiro atoms. The lowest BCUT2D eigenvalue weighted by Gasteiger charge is -2.13. The number of hydrogen-bond donors (Lipinski definition) is 3. The van der Waals surface area contributed by atoms with Gasteiger partial charge in [-0.15, -0.1) is 0 Å². The zero-order valence-corrected chi connectivity index (χ0v) is 14.7. The third-order valence-corrected chi connectivity index (χ3v) is 3.57. The monoisotopic (exact) mass is 389 g/mol. The molecule has 0 aliphatic rings. The van der Waals surface area contributed by atoms with Crippen LogP contribution in [0.1, 0.15) is 11.3 Å². The average Bonchev–Trinajstić information content (AvgIpc) is 2.54. The average molecular weight is 390 g/mol. The molecule has 0 saturated carbocycles. The summed E-state index contributed by atoms with van der Waals surface area (Å²) in [5.74, 6) is -0.0961. The summed E-state index contributed by atoms with van der Waals surface area (Å²) in [7, 11) is 0. The molecule has 1 aromatic carbocycles. The van der Waals surface area contributed by atoms with Gasteiger partial charge in [0.1, 0.15) is 5.69 Å². The minimum atomic E-state index is -4.50. The van der Waals surface area contributed by atoms with E-state index >= 15 is 0 Å². The van der Waals surface area contributed by atoms with Crippen LogP contribution in [0.3, 0.4) is 0 Å². The summed E-state index contributed by atoms with van der Waals surface area (Å²) >= 11 is 11.1. The highest BCUT2D eigenvalue weighted by molar-refractivity contribution is 7.80. The minimum Gasteiger partial charge on any atom is -0.361 e. The van der Waals surface area contributed by atoms with Gasteiger partial charge in [0.2, 0.25) is 5.95 Å². The Morgan fingerprint density at radius 2 is 2.00 bits per heavy atom. The van der Waals surface area contributed by atoms with Crippen molar-refractivity contribution in [1.29, 1.82) is 0 Å². The van der Waals surface area contributed by atoms with E-state index in [2.05, 4.69) is 25.9 Å². The Balaban J connectivity index is 1.79. The number of hydrogen-bond acceptors (Lipinski definition) is 4. The number of alkyl halides is 3. The smallest absolute Gasteiger partial charge is 0.361 e. The van der Waals surface area contributed by atoms with E-state index in [9.17, 15) is 13.2 Å². The Hall–Kier alpha value is -2.13. The Kier molecular flexibility index (Phi) is 6.38. The summed E-state index contributed by atoms with van der Waals surface area (Å²) in [6, 6.07) is 6.20. The number of aromatic nitrogens is 2. The van der Waals surface area contributed by atoms with Crippen molar-refractivity contribution in [2.24, 2.45) is 0 Å². The van der Waals surface area contributed by atoms with Crippen molar-refractivity contribution in [3.05, 3.63) is 46.7 Å². The fraction of sp³-hybridized carbons (Fsp3) is 0.267. The second-order valence-electron chi connectivity index (χ2n) is 5.03. The van der Waals surface area contributed by atoms with Crippen LogP contribution in [0.4, 0.5) is 24.8 Å². The minimum absolute atomic E-state index is 0.0961. The zero-order valence-electron chi connectivity index (χ0n) is 13.1. The fourth-order valence-corrected chi connectivity index (χ4v) is 2.23. The van der Waals surface area contributed by atoms with Crippen LogP contribution in [0.25, 0.3) is 0 Å². The molecule has 0 bridgehead atoms. The highest BCUT2D eigenvalue weighted by Crippen LogP contribution is 2.27. The van der Waals surface area contributed by atoms with E-state index in [1.54, 1.807) is 12.1 Å². The standard InChI is InChI=1S/C15H15ClF3N5S/c1-9-2-3-10(16)8-11(9)23-14(25)22-7-6-21-13-20-5-4-12(24-13)15(17,18)19/h2-5,8H,6-7H2,1H3,(H,20,21,24)(H2,22,23,25). The predicted molar refractivity (Wildman–Crippen MR) is 95.9 cm³/mol. The molecule has 3 N–H and O–H groups in total. The van der Waals surface area contributed by atoms with E-state index < -0.39 is 11.9 Å². The van der Waals surface area contributed by atoms with Gasteiger partial charge < -0.3 is 16.0 Å². The molecule has 5 nitrogen and oxygen atoms in total. The number of nitrogens with zero attached hydrogens (tertiary/aromatic N) is 2. The molecular weight excluding hydrogens is 375 g/mol. The molecule has 25 heavy (non-hydrogen) atoms. The fourth-order valence-electron chi connectivity index (χ4n) is 1.85. The van der Waals surface area contributed by atoms with E-state index in [1.165, 1.54) is 0 Å². The van der Waals surface area contributed by atoms with Gasteiger partial charge in [-0.2, -0.15) is 13.2 Å². The first-order chi connectivity index (χ1) is 11.8. The number of aryl methyl sites for hydroxylation is 1. The highest BCUT2D eigenvalue weighted by atomic mass is 35.5. The molecule has 134 valence electrons. The SMILES string of the molecule is Cc1ccc(Cl)cc1NC(=S)NCCNc1nccc(C(F)(F)F)n1. The molecule has 0 unspecified atom stereocenters. The number of thiocarbonyl (C=S) groups is 1. The molecule has 0 radical (unpaired) electrons. The number of rotatable bonds is 5. The van der Waals surface area contributed by atoms with E-state index in [1.807, 2.05) is 13.0 Å².